The Bertz CT molecular complexity index is 866. The lowest BCUT2D eigenvalue weighted by atomic mass is 10.2. The highest BCUT2D eigenvalue weighted by molar-refractivity contribution is 7.46. The highest BCUT2D eigenvalue weighted by Crippen LogP contribution is 2.39. The summed E-state index contributed by atoms with van der Waals surface area (Å²) in [6, 6.07) is 0. The molecule has 2 aromatic rings. The van der Waals surface area contributed by atoms with E-state index in [1.54, 1.807) is 0 Å². The van der Waals surface area contributed by atoms with Gasteiger partial charge in [0.15, 0.2) is 17.0 Å². The fourth-order valence-corrected chi connectivity index (χ4v) is 3.43. The Morgan fingerprint density at radius 3 is 2.43 bits per heavy atom. The van der Waals surface area contributed by atoms with Crippen molar-refractivity contribution in [2.45, 2.75) is 45.6 Å². The van der Waals surface area contributed by atoms with Crippen LogP contribution in [0.3, 0.4) is 0 Å². The standard InChI is InChI=1S/C10H15N6O6P.C6H15N/c11-8-7-9(14-3-13-8)16(10(12)15-7)6-1-4(17)5(22-6)2-21-23(18,19)20;1-4-7(5-2)6-3/h3-6,17H,1-2H2,(H2,12,15)(H2,11,13,14)(H2,18,19,20);4-6H2,1-3H3/t4-,5+,6+;/m0./s1. The van der Waals surface area contributed by atoms with Crippen molar-refractivity contribution in [2.75, 3.05) is 37.7 Å². The van der Waals surface area contributed by atoms with Crippen LogP contribution in [-0.4, -0.2) is 77.8 Å². The zero-order chi connectivity index (χ0) is 22.5. The molecule has 0 unspecified atom stereocenters. The van der Waals surface area contributed by atoms with Crippen molar-refractivity contribution in [2.24, 2.45) is 0 Å². The molecule has 0 aliphatic carbocycles. The predicted molar refractivity (Wildman–Crippen MR) is 110 cm³/mol. The van der Waals surface area contributed by atoms with Gasteiger partial charge in [-0.05, 0) is 19.6 Å². The van der Waals surface area contributed by atoms with Crippen LogP contribution in [0.1, 0.15) is 33.4 Å². The molecule has 30 heavy (non-hydrogen) atoms. The number of imidazole rings is 1. The lowest BCUT2D eigenvalue weighted by Gasteiger charge is -2.16. The van der Waals surface area contributed by atoms with E-state index >= 15 is 0 Å². The first kappa shape index (κ1) is 24.4. The minimum Gasteiger partial charge on any atom is -0.390 e. The minimum atomic E-state index is -4.65. The van der Waals surface area contributed by atoms with Crippen molar-refractivity contribution in [1.29, 1.82) is 0 Å². The third-order valence-corrected chi connectivity index (χ3v) is 5.26. The van der Waals surface area contributed by atoms with E-state index in [1.807, 2.05) is 0 Å². The van der Waals surface area contributed by atoms with Crippen LogP contribution in [0.4, 0.5) is 11.8 Å². The summed E-state index contributed by atoms with van der Waals surface area (Å²) < 4.78 is 22.1. The number of aromatic nitrogens is 4. The molecule has 1 saturated heterocycles. The Balaban J connectivity index is 0.000000396. The smallest absolute Gasteiger partial charge is 0.390 e. The summed E-state index contributed by atoms with van der Waals surface area (Å²) in [7, 11) is -4.65. The Kier molecular flexibility index (Phi) is 8.50. The number of nitrogen functional groups attached to an aromatic ring is 2. The number of rotatable bonds is 7. The second kappa shape index (κ2) is 10.4. The number of anilines is 2. The zero-order valence-electron chi connectivity index (χ0n) is 17.2. The van der Waals surface area contributed by atoms with Crippen LogP contribution in [0, 0.1) is 0 Å². The van der Waals surface area contributed by atoms with Crippen LogP contribution in [0.5, 0.6) is 0 Å². The molecule has 0 amide bonds. The number of fused-ring (bicyclic) bond motifs is 1. The summed E-state index contributed by atoms with van der Waals surface area (Å²) in [6.45, 7) is 9.66. The van der Waals surface area contributed by atoms with E-state index in [0.29, 0.717) is 11.2 Å². The lowest BCUT2D eigenvalue weighted by Crippen LogP contribution is -2.26. The van der Waals surface area contributed by atoms with Gasteiger partial charge in [-0.15, -0.1) is 0 Å². The quantitative estimate of drug-likeness (QED) is 0.360. The molecule has 1 aliphatic rings. The molecule has 14 heteroatoms. The van der Waals surface area contributed by atoms with Gasteiger partial charge in [0.25, 0.3) is 0 Å². The predicted octanol–water partition coefficient (Wildman–Crippen LogP) is 0.0965. The first-order valence-electron chi connectivity index (χ1n) is 9.61. The summed E-state index contributed by atoms with van der Waals surface area (Å²) in [4.78, 5) is 31.7. The Morgan fingerprint density at radius 2 is 1.90 bits per heavy atom. The average molecular weight is 447 g/mol. The van der Waals surface area contributed by atoms with Gasteiger partial charge in [0.1, 0.15) is 18.7 Å². The third kappa shape index (κ3) is 6.08. The van der Waals surface area contributed by atoms with E-state index in [-0.39, 0.29) is 18.2 Å². The molecule has 0 aromatic carbocycles. The van der Waals surface area contributed by atoms with Crippen LogP contribution in [0.2, 0.25) is 0 Å². The molecule has 0 saturated carbocycles. The van der Waals surface area contributed by atoms with Gasteiger partial charge in [-0.3, -0.25) is 9.09 Å². The van der Waals surface area contributed by atoms with Crippen molar-refractivity contribution < 1.29 is 28.7 Å². The maximum atomic E-state index is 10.7. The summed E-state index contributed by atoms with van der Waals surface area (Å²) in [5.74, 6) is 0.223. The van der Waals surface area contributed by atoms with E-state index in [9.17, 15) is 9.67 Å². The van der Waals surface area contributed by atoms with Gasteiger partial charge in [0, 0.05) is 6.42 Å². The topological polar surface area (TPSA) is 195 Å². The summed E-state index contributed by atoms with van der Waals surface area (Å²) >= 11 is 0. The van der Waals surface area contributed by atoms with Crippen molar-refractivity contribution in [3.8, 4) is 0 Å². The van der Waals surface area contributed by atoms with Crippen LogP contribution in [-0.2, 0) is 13.8 Å². The van der Waals surface area contributed by atoms with Gasteiger partial charge in [-0.1, -0.05) is 20.8 Å². The van der Waals surface area contributed by atoms with E-state index in [0.717, 1.165) is 0 Å². The minimum absolute atomic E-state index is 0.0703. The number of phosphoric acid groups is 1. The van der Waals surface area contributed by atoms with E-state index in [2.05, 4.69) is 45.1 Å². The van der Waals surface area contributed by atoms with E-state index in [1.165, 1.54) is 30.5 Å². The summed E-state index contributed by atoms with van der Waals surface area (Å²) in [5, 5.41) is 9.98. The number of phosphoric ester groups is 1. The van der Waals surface area contributed by atoms with Crippen molar-refractivity contribution >= 4 is 30.8 Å². The first-order valence-corrected chi connectivity index (χ1v) is 11.1. The maximum absolute atomic E-state index is 10.7. The van der Waals surface area contributed by atoms with Gasteiger partial charge >= 0.3 is 7.82 Å². The Hall–Kier alpha value is -1.86. The van der Waals surface area contributed by atoms with E-state index < -0.39 is 32.9 Å². The van der Waals surface area contributed by atoms with Gasteiger partial charge in [-0.2, -0.15) is 0 Å². The fourth-order valence-electron chi connectivity index (χ4n) is 3.09. The molecule has 3 atom stereocenters. The van der Waals surface area contributed by atoms with Crippen LogP contribution in [0.15, 0.2) is 6.33 Å². The molecule has 1 fully saturated rings. The van der Waals surface area contributed by atoms with Crippen LogP contribution >= 0.6 is 7.82 Å². The maximum Gasteiger partial charge on any atom is 0.469 e. The molecule has 13 nitrogen and oxygen atoms in total. The molecule has 170 valence electrons. The monoisotopic (exact) mass is 447 g/mol. The highest BCUT2D eigenvalue weighted by Gasteiger charge is 2.38. The Labute approximate surface area is 174 Å². The molecule has 0 spiro atoms. The molecule has 0 bridgehead atoms. The molecule has 1 aliphatic heterocycles. The van der Waals surface area contributed by atoms with Gasteiger partial charge in [-0.25, -0.2) is 19.5 Å². The third-order valence-electron chi connectivity index (χ3n) is 4.77. The molecule has 7 N–H and O–H groups in total. The van der Waals surface area contributed by atoms with Crippen LogP contribution in [0.25, 0.3) is 11.2 Å². The normalized spacial score (nSPS) is 21.8. The van der Waals surface area contributed by atoms with Crippen molar-refractivity contribution in [3.63, 3.8) is 0 Å². The number of hydrogen-bond acceptors (Lipinski definition) is 10. The lowest BCUT2D eigenvalue weighted by molar-refractivity contribution is -0.0417. The van der Waals surface area contributed by atoms with Crippen molar-refractivity contribution in [3.05, 3.63) is 6.33 Å². The van der Waals surface area contributed by atoms with Gasteiger partial charge in [0.2, 0.25) is 5.95 Å². The fraction of sp³-hybridized carbons (Fsp3) is 0.688. The first-order chi connectivity index (χ1) is 14.1. The van der Waals surface area contributed by atoms with Crippen molar-refractivity contribution in [1.82, 2.24) is 24.4 Å². The molecule has 3 heterocycles. The zero-order valence-corrected chi connectivity index (χ0v) is 18.1. The number of aliphatic hydroxyl groups excluding tert-OH is 1. The number of aliphatic hydroxyl groups is 1. The SMILES string of the molecule is CCN(CC)CC.Nc1ncnc2c1nc(N)n2[C@H]1C[C@H](O)[C@@H](COP(=O)(O)O)O1. The second-order valence-electron chi connectivity index (χ2n) is 6.61. The number of nitrogens with zero attached hydrogens (tertiary/aromatic N) is 5. The number of hydrogen-bond donors (Lipinski definition) is 5. The van der Waals surface area contributed by atoms with Gasteiger partial charge < -0.3 is 36.0 Å². The average Bonchev–Trinajstić information content (AvgIpc) is 3.21. The van der Waals surface area contributed by atoms with E-state index in [4.69, 9.17) is 26.0 Å². The molecule has 2 aromatic heterocycles. The Morgan fingerprint density at radius 1 is 1.27 bits per heavy atom. The second-order valence-corrected chi connectivity index (χ2v) is 7.85. The molecular formula is C16H30N7O6P. The summed E-state index contributed by atoms with van der Waals surface area (Å²) in [6.07, 6.45) is -1.29. The molecule has 3 rings (SSSR count). The van der Waals surface area contributed by atoms with Crippen LogP contribution < -0.4 is 11.5 Å². The molecule has 0 radical (unpaired) electrons. The largest absolute Gasteiger partial charge is 0.469 e. The van der Waals surface area contributed by atoms with Gasteiger partial charge in [0.05, 0.1) is 12.7 Å². The number of nitrogens with two attached hydrogens (primary N) is 2. The number of ether oxygens (including phenoxy) is 1. The highest BCUT2D eigenvalue weighted by atomic mass is 31.2. The summed E-state index contributed by atoms with van der Waals surface area (Å²) in [5.41, 5.74) is 12.2. The molecular weight excluding hydrogens is 417 g/mol.